The summed E-state index contributed by atoms with van der Waals surface area (Å²) in [4.78, 5) is 0. The normalized spacial score (nSPS) is 12.9. The van der Waals surface area contributed by atoms with E-state index < -0.39 is 0 Å². The maximum Gasteiger partial charge on any atom is 0.134 e. The second kappa shape index (κ2) is 7.93. The van der Waals surface area contributed by atoms with Gasteiger partial charge in [0.1, 0.15) is 11.3 Å². The number of benzene rings is 1. The van der Waals surface area contributed by atoms with Crippen molar-refractivity contribution in [3.05, 3.63) is 35.0 Å². The van der Waals surface area contributed by atoms with Crippen LogP contribution in [-0.4, -0.2) is 29.8 Å². The van der Waals surface area contributed by atoms with Gasteiger partial charge >= 0.3 is 0 Å². The summed E-state index contributed by atoms with van der Waals surface area (Å²) in [5.74, 6) is 2.98. The van der Waals surface area contributed by atoms with Crippen LogP contribution >= 0.6 is 23.4 Å². The summed E-state index contributed by atoms with van der Waals surface area (Å²) in [5.41, 5.74) is 0.871. The molecule has 1 unspecified atom stereocenters. The molecule has 0 saturated heterocycles. The van der Waals surface area contributed by atoms with E-state index in [1.54, 1.807) is 0 Å². The van der Waals surface area contributed by atoms with E-state index in [1.165, 1.54) is 0 Å². The number of furan rings is 1. The number of halogens is 1. The Hall–Kier alpha value is -0.680. The number of hydrogen-bond acceptors (Lipinski definition) is 4. The zero-order valence-electron chi connectivity index (χ0n) is 11.6. The number of aliphatic hydroxyl groups is 1. The first-order valence-electron chi connectivity index (χ1n) is 6.81. The van der Waals surface area contributed by atoms with Gasteiger partial charge in [0.25, 0.3) is 0 Å². The summed E-state index contributed by atoms with van der Waals surface area (Å²) in [6, 6.07) is 7.88. The lowest BCUT2D eigenvalue weighted by Gasteiger charge is -2.10. The largest absolute Gasteiger partial charge is 0.459 e. The third-order valence-electron chi connectivity index (χ3n) is 3.07. The van der Waals surface area contributed by atoms with Gasteiger partial charge in [-0.2, -0.15) is 11.8 Å². The Labute approximate surface area is 128 Å². The first-order chi connectivity index (χ1) is 9.70. The Kier molecular flexibility index (Phi) is 6.23. The predicted molar refractivity (Wildman–Crippen MR) is 86.7 cm³/mol. The Bertz CT molecular complexity index is 544. The summed E-state index contributed by atoms with van der Waals surface area (Å²) >= 11 is 7.83. The van der Waals surface area contributed by atoms with Crippen molar-refractivity contribution in [2.45, 2.75) is 19.4 Å². The van der Waals surface area contributed by atoms with Crippen LogP contribution < -0.4 is 5.32 Å². The second-order valence-corrected chi connectivity index (χ2v) is 6.36. The average molecular weight is 314 g/mol. The van der Waals surface area contributed by atoms with E-state index in [0.717, 1.165) is 46.2 Å². The summed E-state index contributed by atoms with van der Waals surface area (Å²) in [6.45, 7) is 3.30. The zero-order valence-corrected chi connectivity index (χ0v) is 13.1. The molecule has 0 aliphatic heterocycles. The highest BCUT2D eigenvalue weighted by molar-refractivity contribution is 7.99. The molecule has 2 rings (SSSR count). The van der Waals surface area contributed by atoms with Crippen LogP contribution in [0.4, 0.5) is 0 Å². The lowest BCUT2D eigenvalue weighted by molar-refractivity contribution is 0.296. The fourth-order valence-corrected chi connectivity index (χ4v) is 2.95. The molecule has 0 spiro atoms. The molecule has 0 aliphatic carbocycles. The van der Waals surface area contributed by atoms with E-state index in [9.17, 15) is 0 Å². The van der Waals surface area contributed by atoms with E-state index in [2.05, 4.69) is 12.2 Å². The highest BCUT2D eigenvalue weighted by atomic mass is 35.5. The fraction of sp³-hybridized carbons (Fsp3) is 0.467. The van der Waals surface area contributed by atoms with Gasteiger partial charge in [0.2, 0.25) is 0 Å². The highest BCUT2D eigenvalue weighted by Crippen LogP contribution is 2.26. The molecule has 2 aromatic rings. The lowest BCUT2D eigenvalue weighted by atomic mass is 10.2. The molecule has 1 aromatic carbocycles. The smallest absolute Gasteiger partial charge is 0.134 e. The zero-order chi connectivity index (χ0) is 14.4. The van der Waals surface area contributed by atoms with Gasteiger partial charge in [-0.15, -0.1) is 0 Å². The summed E-state index contributed by atoms with van der Waals surface area (Å²) in [7, 11) is 0. The summed E-state index contributed by atoms with van der Waals surface area (Å²) in [6.07, 6.45) is 0.866. The van der Waals surface area contributed by atoms with Gasteiger partial charge in [0.15, 0.2) is 0 Å². The monoisotopic (exact) mass is 313 g/mol. The molecule has 2 N–H and O–H groups in total. The van der Waals surface area contributed by atoms with Gasteiger partial charge in [-0.3, -0.25) is 0 Å². The van der Waals surface area contributed by atoms with Gasteiger partial charge in [-0.05, 0) is 43.4 Å². The number of hydrogen-bond donors (Lipinski definition) is 2. The third kappa shape index (κ3) is 4.42. The minimum atomic E-state index is 0.180. The minimum absolute atomic E-state index is 0.180. The van der Waals surface area contributed by atoms with E-state index in [0.29, 0.717) is 0 Å². The second-order valence-electron chi connectivity index (χ2n) is 4.70. The van der Waals surface area contributed by atoms with Gasteiger partial charge < -0.3 is 14.8 Å². The van der Waals surface area contributed by atoms with Crippen molar-refractivity contribution in [1.29, 1.82) is 0 Å². The quantitative estimate of drug-likeness (QED) is 0.727. The standard InChI is InChI=1S/C15H20ClNO2S/c1-11(17-5-8-20-7-2-6-18)15-10-12-9-13(16)3-4-14(12)19-15/h3-4,9-11,17-18H,2,5-8H2,1H3. The Morgan fingerprint density at radius 3 is 3.00 bits per heavy atom. The number of nitrogens with one attached hydrogen (secondary N) is 1. The first kappa shape index (κ1) is 15.7. The van der Waals surface area contributed by atoms with Crippen LogP contribution in [0.15, 0.2) is 28.7 Å². The van der Waals surface area contributed by atoms with Crippen LogP contribution in [0.5, 0.6) is 0 Å². The van der Waals surface area contributed by atoms with Crippen molar-refractivity contribution >= 4 is 34.3 Å². The Morgan fingerprint density at radius 1 is 1.35 bits per heavy atom. The first-order valence-corrected chi connectivity index (χ1v) is 8.35. The molecule has 0 saturated carbocycles. The van der Waals surface area contributed by atoms with Crippen LogP contribution in [0.25, 0.3) is 11.0 Å². The van der Waals surface area contributed by atoms with Crippen LogP contribution in [0.3, 0.4) is 0 Å². The molecule has 0 bridgehead atoms. The number of rotatable bonds is 8. The molecule has 110 valence electrons. The van der Waals surface area contributed by atoms with Crippen LogP contribution in [0.1, 0.15) is 25.1 Å². The highest BCUT2D eigenvalue weighted by Gasteiger charge is 2.11. The van der Waals surface area contributed by atoms with E-state index in [4.69, 9.17) is 21.1 Å². The minimum Gasteiger partial charge on any atom is -0.459 e. The van der Waals surface area contributed by atoms with Gasteiger partial charge in [-0.1, -0.05) is 11.6 Å². The van der Waals surface area contributed by atoms with Gasteiger partial charge in [0.05, 0.1) is 6.04 Å². The Morgan fingerprint density at radius 2 is 2.20 bits per heavy atom. The van der Waals surface area contributed by atoms with E-state index in [-0.39, 0.29) is 12.6 Å². The van der Waals surface area contributed by atoms with Crippen LogP contribution in [0, 0.1) is 0 Å². The van der Waals surface area contributed by atoms with Crippen LogP contribution in [0.2, 0.25) is 5.02 Å². The van der Waals surface area contributed by atoms with Crippen molar-refractivity contribution < 1.29 is 9.52 Å². The van der Waals surface area contributed by atoms with Crippen molar-refractivity contribution in [1.82, 2.24) is 5.32 Å². The maximum atomic E-state index is 8.70. The van der Waals surface area contributed by atoms with Crippen molar-refractivity contribution in [3.8, 4) is 0 Å². The lowest BCUT2D eigenvalue weighted by Crippen LogP contribution is -2.21. The average Bonchev–Trinajstić information content (AvgIpc) is 2.85. The number of thioether (sulfide) groups is 1. The fourth-order valence-electron chi connectivity index (χ4n) is 1.97. The maximum absolute atomic E-state index is 8.70. The topological polar surface area (TPSA) is 45.4 Å². The third-order valence-corrected chi connectivity index (χ3v) is 4.37. The van der Waals surface area contributed by atoms with E-state index in [1.807, 2.05) is 36.0 Å². The molecule has 1 aromatic heterocycles. The molecule has 0 fully saturated rings. The van der Waals surface area contributed by atoms with Crippen molar-refractivity contribution in [2.75, 3.05) is 24.7 Å². The molecule has 0 amide bonds. The van der Waals surface area contributed by atoms with Crippen LogP contribution in [-0.2, 0) is 0 Å². The molecule has 0 aliphatic rings. The number of fused-ring (bicyclic) bond motifs is 1. The summed E-state index contributed by atoms with van der Waals surface area (Å²) < 4.78 is 5.82. The molecule has 5 heteroatoms. The molecule has 20 heavy (non-hydrogen) atoms. The van der Waals surface area contributed by atoms with Gasteiger partial charge in [0, 0.05) is 29.3 Å². The van der Waals surface area contributed by atoms with Crippen molar-refractivity contribution in [2.24, 2.45) is 0 Å². The molecule has 3 nitrogen and oxygen atoms in total. The molecular weight excluding hydrogens is 294 g/mol. The Balaban J connectivity index is 1.83. The summed E-state index contributed by atoms with van der Waals surface area (Å²) in [5, 5.41) is 13.9. The molecule has 0 radical (unpaired) electrons. The molecular formula is C15H20ClNO2S. The van der Waals surface area contributed by atoms with Gasteiger partial charge in [-0.25, -0.2) is 0 Å². The SMILES string of the molecule is CC(NCCSCCCO)c1cc2cc(Cl)ccc2o1. The number of aliphatic hydroxyl groups excluding tert-OH is 1. The molecule has 1 heterocycles. The predicted octanol–water partition coefficient (Wildman–Crippen LogP) is 3.85. The van der Waals surface area contributed by atoms with Crippen molar-refractivity contribution in [3.63, 3.8) is 0 Å². The van der Waals surface area contributed by atoms with E-state index >= 15 is 0 Å². The molecule has 1 atom stereocenters.